The molecule has 42 heavy (non-hydrogen) atoms. The van der Waals surface area contributed by atoms with Crippen molar-refractivity contribution in [2.24, 2.45) is 0 Å². The van der Waals surface area contributed by atoms with Crippen LogP contribution in [0.25, 0.3) is 0 Å². The molecule has 0 saturated carbocycles. The van der Waals surface area contributed by atoms with E-state index in [1.54, 1.807) is 26.5 Å². The van der Waals surface area contributed by atoms with Crippen LogP contribution >= 0.6 is 18.7 Å². The van der Waals surface area contributed by atoms with E-state index in [-0.39, 0.29) is 17.4 Å². The number of para-hydroxylation sites is 1. The highest BCUT2D eigenvalue weighted by Gasteiger charge is 2.19. The van der Waals surface area contributed by atoms with Crippen LogP contribution in [0.3, 0.4) is 0 Å². The molecule has 3 rings (SSSR count). The first kappa shape index (κ1) is 32.9. The van der Waals surface area contributed by atoms with E-state index in [0.29, 0.717) is 39.0 Å². The number of methoxy groups -OCH3 is 1. The number of amides is 1. The summed E-state index contributed by atoms with van der Waals surface area (Å²) in [5.74, 6) is 0.767. The number of benzene rings is 2. The summed E-state index contributed by atoms with van der Waals surface area (Å²) in [6.07, 6.45) is 3.59. The van der Waals surface area contributed by atoms with Gasteiger partial charge < -0.3 is 35.5 Å². The predicted molar refractivity (Wildman–Crippen MR) is 177 cm³/mol. The fourth-order valence-corrected chi connectivity index (χ4v) is 5.44. The monoisotopic (exact) mass is 613 g/mol. The van der Waals surface area contributed by atoms with Crippen molar-refractivity contribution in [2.45, 2.75) is 32.7 Å². The van der Waals surface area contributed by atoms with Gasteiger partial charge in [-0.15, -0.1) is 0 Å². The second-order valence-corrected chi connectivity index (χ2v) is 14.8. The van der Waals surface area contributed by atoms with Crippen molar-refractivity contribution in [1.29, 1.82) is 0 Å². The highest BCUT2D eigenvalue weighted by Crippen LogP contribution is 2.40. The number of aromatic nitrogens is 2. The molecule has 0 unspecified atom stereocenters. The Balaban J connectivity index is 1.92. The zero-order chi connectivity index (χ0) is 31.1. The average molecular weight is 614 g/mol. The Bertz CT molecular complexity index is 1470. The quantitative estimate of drug-likeness (QED) is 0.101. The molecule has 0 aliphatic heterocycles. The summed E-state index contributed by atoms with van der Waals surface area (Å²) in [6.45, 7) is 15.0. The molecule has 0 bridgehead atoms. The van der Waals surface area contributed by atoms with Gasteiger partial charge in [-0.3, -0.25) is 4.79 Å². The largest absolute Gasteiger partial charge is 0.494 e. The van der Waals surface area contributed by atoms with Crippen molar-refractivity contribution >= 4 is 64.5 Å². The van der Waals surface area contributed by atoms with Crippen LogP contribution in [0.1, 0.15) is 27.2 Å². The number of nitrogens with one attached hydrogen (secondary N) is 4. The van der Waals surface area contributed by atoms with Gasteiger partial charge in [0.15, 0.2) is 5.82 Å². The van der Waals surface area contributed by atoms with E-state index in [9.17, 15) is 9.36 Å². The highest BCUT2D eigenvalue weighted by molar-refractivity contribution is 7.70. The van der Waals surface area contributed by atoms with Gasteiger partial charge in [0.2, 0.25) is 11.9 Å². The minimum absolute atomic E-state index is 0.0364. The zero-order valence-corrected chi connectivity index (χ0v) is 27.0. The molecule has 0 radical (unpaired) electrons. The number of nitrogens with zero attached hydrogens (tertiary/aromatic N) is 3. The minimum atomic E-state index is -2.57. The molecule has 2 aromatic carbocycles. The number of rotatable bonds is 13. The lowest BCUT2D eigenvalue weighted by molar-refractivity contribution is -0.111. The van der Waals surface area contributed by atoms with Crippen molar-refractivity contribution in [3.05, 3.63) is 60.3 Å². The first-order valence-corrected chi connectivity index (χ1v) is 16.5. The molecule has 1 aromatic heterocycles. The summed E-state index contributed by atoms with van der Waals surface area (Å²) >= 11 is 6.43. The van der Waals surface area contributed by atoms with Crippen LogP contribution in [0.15, 0.2) is 55.3 Å². The molecule has 4 N–H and O–H groups in total. The third-order valence-electron chi connectivity index (χ3n) is 6.23. The van der Waals surface area contributed by atoms with Gasteiger partial charge in [-0.2, -0.15) is 4.98 Å². The van der Waals surface area contributed by atoms with E-state index >= 15 is 0 Å². The Kier molecular flexibility index (Phi) is 11.0. The maximum Gasteiger partial charge on any atom is 0.247 e. The molecule has 0 aliphatic rings. The van der Waals surface area contributed by atoms with Crippen LogP contribution in [-0.4, -0.2) is 62.0 Å². The van der Waals surface area contributed by atoms with Crippen LogP contribution in [0, 0.1) is 0 Å². The number of carbonyl (C=O) groups excluding carboxylic acids is 1. The molecule has 0 aliphatic carbocycles. The van der Waals surface area contributed by atoms with Crippen LogP contribution in [0.5, 0.6) is 5.75 Å². The Labute approximate surface area is 253 Å². The van der Waals surface area contributed by atoms with Gasteiger partial charge in [0, 0.05) is 30.5 Å². The summed E-state index contributed by atoms with van der Waals surface area (Å²) in [6, 6.07) is 11.0. The fraction of sp³-hybridized carbons (Fsp3) is 0.367. The van der Waals surface area contributed by atoms with E-state index in [0.717, 1.165) is 25.2 Å². The topological polar surface area (TPSA) is 121 Å². The van der Waals surface area contributed by atoms with Gasteiger partial charge in [0.1, 0.15) is 17.9 Å². The van der Waals surface area contributed by atoms with E-state index < -0.39 is 7.14 Å². The zero-order valence-electron chi connectivity index (χ0n) is 25.3. The smallest absolute Gasteiger partial charge is 0.247 e. The van der Waals surface area contributed by atoms with Gasteiger partial charge in [-0.05, 0) is 71.3 Å². The summed E-state index contributed by atoms with van der Waals surface area (Å²) in [4.78, 5) is 23.3. The molecule has 10 nitrogen and oxygen atoms in total. The normalized spacial score (nSPS) is 11.5. The van der Waals surface area contributed by atoms with E-state index in [4.69, 9.17) is 16.3 Å². The van der Waals surface area contributed by atoms with Crippen LogP contribution < -0.4 is 36.2 Å². The number of ether oxygens (including phenoxy) is 1. The molecule has 0 fully saturated rings. The number of carbonyl (C=O) groups is 1. The van der Waals surface area contributed by atoms with Crippen LogP contribution in [-0.2, 0) is 9.36 Å². The van der Waals surface area contributed by atoms with E-state index in [1.165, 1.54) is 12.3 Å². The summed E-state index contributed by atoms with van der Waals surface area (Å²) < 4.78 is 18.5. The first-order chi connectivity index (χ1) is 19.7. The summed E-state index contributed by atoms with van der Waals surface area (Å²) in [5, 5.41) is 13.7. The van der Waals surface area contributed by atoms with Gasteiger partial charge in [0.05, 0.1) is 36.1 Å². The summed E-state index contributed by atoms with van der Waals surface area (Å²) in [5.41, 5.74) is 2.56. The van der Waals surface area contributed by atoms with Crippen molar-refractivity contribution < 1.29 is 14.1 Å². The molecule has 1 amide bonds. The first-order valence-electron chi connectivity index (χ1n) is 13.5. The number of hydrogen-bond donors (Lipinski definition) is 4. The van der Waals surface area contributed by atoms with Crippen LogP contribution in [0.2, 0.25) is 5.02 Å². The van der Waals surface area contributed by atoms with Gasteiger partial charge in [0.25, 0.3) is 0 Å². The predicted octanol–water partition coefficient (Wildman–Crippen LogP) is 6.21. The molecule has 1 heterocycles. The second kappa shape index (κ2) is 14.1. The van der Waals surface area contributed by atoms with E-state index in [1.807, 2.05) is 37.4 Å². The SMILES string of the molecule is C=CC(=O)Nc1cc(Nc2ncc(Cl)c(Nc3ccccc3P(C)(C)=O)n2)c(OC)cc1N(C)CCCNC(C)(C)C. The second-order valence-electron chi connectivity index (χ2n) is 11.2. The molecular weight excluding hydrogens is 573 g/mol. The van der Waals surface area contributed by atoms with Crippen molar-refractivity contribution in [1.82, 2.24) is 15.3 Å². The van der Waals surface area contributed by atoms with Crippen molar-refractivity contribution in [2.75, 3.05) is 61.4 Å². The van der Waals surface area contributed by atoms with E-state index in [2.05, 4.69) is 63.5 Å². The van der Waals surface area contributed by atoms with Gasteiger partial charge >= 0.3 is 0 Å². The lowest BCUT2D eigenvalue weighted by Gasteiger charge is -2.26. The Morgan fingerprint density at radius 1 is 1.14 bits per heavy atom. The van der Waals surface area contributed by atoms with Gasteiger partial charge in [-0.1, -0.05) is 30.3 Å². The fourth-order valence-electron chi connectivity index (χ4n) is 4.15. The number of anilines is 6. The number of hydrogen-bond acceptors (Lipinski definition) is 9. The standard InChI is InChI=1S/C30H41ClN7O3P/c1-9-27(39)34-22-17-23(25(41-6)18-24(22)38(5)16-12-15-33-30(2,3)4)36-29-32-19-20(31)28(37-29)35-21-13-10-11-14-26(21)42(7,8)40/h9-11,13-14,17-19,33H,1,12,15-16H2,2-8H3,(H,34,39)(H2,32,35,36,37). The maximum absolute atomic E-state index is 12.8. The Hall–Kier alpha value is -3.59. The average Bonchev–Trinajstić information content (AvgIpc) is 2.92. The summed E-state index contributed by atoms with van der Waals surface area (Å²) in [7, 11) is 0.969. The Morgan fingerprint density at radius 2 is 1.86 bits per heavy atom. The highest BCUT2D eigenvalue weighted by atomic mass is 35.5. The lowest BCUT2D eigenvalue weighted by Crippen LogP contribution is -2.37. The molecule has 0 saturated heterocycles. The van der Waals surface area contributed by atoms with Crippen molar-refractivity contribution in [3.63, 3.8) is 0 Å². The Morgan fingerprint density at radius 3 is 2.50 bits per heavy atom. The third-order valence-corrected chi connectivity index (χ3v) is 8.05. The molecule has 3 aromatic rings. The van der Waals surface area contributed by atoms with Crippen molar-refractivity contribution in [3.8, 4) is 5.75 Å². The van der Waals surface area contributed by atoms with Crippen LogP contribution in [0.4, 0.5) is 34.5 Å². The maximum atomic E-state index is 12.8. The molecule has 0 atom stereocenters. The molecular formula is C30H41ClN7O3P. The molecule has 0 spiro atoms. The third kappa shape index (κ3) is 9.21. The minimum Gasteiger partial charge on any atom is -0.494 e. The van der Waals surface area contributed by atoms with Gasteiger partial charge in [-0.25, -0.2) is 4.98 Å². The molecule has 226 valence electrons. The molecule has 12 heteroatoms. The lowest BCUT2D eigenvalue weighted by atomic mass is 10.1. The number of halogens is 1.